The summed E-state index contributed by atoms with van der Waals surface area (Å²) in [5, 5.41) is 11.7. The van der Waals surface area contributed by atoms with E-state index in [4.69, 9.17) is 14.6 Å². The van der Waals surface area contributed by atoms with Crippen molar-refractivity contribution in [3.8, 4) is 0 Å². The van der Waals surface area contributed by atoms with Gasteiger partial charge in [0, 0.05) is 47.3 Å². The summed E-state index contributed by atoms with van der Waals surface area (Å²) in [5.74, 6) is -0.832. The van der Waals surface area contributed by atoms with Gasteiger partial charge >= 0.3 is 18.2 Å². The van der Waals surface area contributed by atoms with Crippen molar-refractivity contribution in [3.63, 3.8) is 0 Å². The standard InChI is InChI=1S/C18H37N3O3.C17H34N2O4.CH5N/c1-7-8-9-10-11-12-21(15-16(22)19-5)14-13-20(6)17(23)24-18(2,3)4;1-6-7-8-9-10-11-19(14-15(20)21)13-12-18(5)16(22)23-17(2,3)4;1-2/h7-15H2,1-6H3,(H,19,22);6-14H2,1-5H3,(H,20,21);2H2,1H3. The molecule has 0 atom stereocenters. The Balaban J connectivity index is -0.000000822. The van der Waals surface area contributed by atoms with E-state index in [9.17, 15) is 19.2 Å². The average molecular weight is 705 g/mol. The topological polar surface area (TPSA) is 158 Å². The molecule has 4 N–H and O–H groups in total. The van der Waals surface area contributed by atoms with E-state index in [2.05, 4.69) is 29.8 Å². The second-order valence-corrected chi connectivity index (χ2v) is 14.3. The molecule has 0 rings (SSSR count). The molecule has 0 radical (unpaired) electrons. The molecule has 0 aromatic rings. The number of amides is 3. The van der Waals surface area contributed by atoms with Gasteiger partial charge in [-0.05, 0) is 74.5 Å². The highest BCUT2D eigenvalue weighted by Gasteiger charge is 2.21. The van der Waals surface area contributed by atoms with Crippen LogP contribution in [0.1, 0.15) is 120 Å². The van der Waals surface area contributed by atoms with Crippen LogP contribution in [0.4, 0.5) is 9.59 Å². The van der Waals surface area contributed by atoms with Gasteiger partial charge in [-0.3, -0.25) is 19.4 Å². The zero-order chi connectivity index (χ0) is 38.5. The molecule has 0 heterocycles. The number of likely N-dealkylation sites (N-methyl/N-ethyl adjacent to an activating group) is 3. The highest BCUT2D eigenvalue weighted by atomic mass is 16.6. The second kappa shape index (κ2) is 30.2. The molecule has 13 nitrogen and oxygen atoms in total. The lowest BCUT2D eigenvalue weighted by Crippen LogP contribution is -2.42. The molecule has 292 valence electrons. The number of nitrogens with one attached hydrogen (secondary N) is 1. The summed E-state index contributed by atoms with van der Waals surface area (Å²) in [5.41, 5.74) is 3.48. The molecule has 0 aliphatic rings. The molecule has 0 aromatic heterocycles. The highest BCUT2D eigenvalue weighted by Crippen LogP contribution is 2.11. The maximum absolute atomic E-state index is 12.0. The molecule has 49 heavy (non-hydrogen) atoms. The molecule has 3 amide bonds. The fraction of sp³-hybridized carbons (Fsp3) is 0.889. The minimum atomic E-state index is -0.835. The molecule has 13 heteroatoms. The van der Waals surface area contributed by atoms with Crippen LogP contribution < -0.4 is 11.1 Å². The fourth-order valence-electron chi connectivity index (χ4n) is 4.34. The molecule has 0 saturated heterocycles. The molecule has 0 aliphatic carbocycles. The number of hydrogen-bond acceptors (Lipinski definition) is 9. The molecule has 0 fully saturated rings. The van der Waals surface area contributed by atoms with Crippen molar-refractivity contribution in [2.45, 2.75) is 131 Å². The van der Waals surface area contributed by atoms with Crippen LogP contribution in [0.5, 0.6) is 0 Å². The summed E-state index contributed by atoms with van der Waals surface area (Å²) in [4.78, 5) is 53.6. The molecular weight excluding hydrogens is 628 g/mol. The number of carboxylic acid groups (broad SMARTS) is 1. The number of hydrogen-bond donors (Lipinski definition) is 3. The van der Waals surface area contributed by atoms with E-state index in [-0.39, 0.29) is 24.6 Å². The lowest BCUT2D eigenvalue weighted by atomic mass is 10.1. The summed E-state index contributed by atoms with van der Waals surface area (Å²) >= 11 is 0. The number of nitrogens with zero attached hydrogens (tertiary/aromatic N) is 4. The number of carbonyl (C=O) groups is 4. The SMILES string of the molecule is CCCCCCCN(CCN(C)C(=O)OC(C)(C)C)CC(=O)NC.CCCCCCCN(CCN(C)C(=O)OC(C)(C)C)CC(=O)O.CN. The normalized spacial score (nSPS) is 11.2. The molecule has 0 bridgehead atoms. The lowest BCUT2D eigenvalue weighted by Gasteiger charge is -2.27. The van der Waals surface area contributed by atoms with Gasteiger partial charge in [-0.1, -0.05) is 65.2 Å². The van der Waals surface area contributed by atoms with Gasteiger partial charge in [0.05, 0.1) is 13.1 Å². The van der Waals surface area contributed by atoms with Crippen molar-refractivity contribution >= 4 is 24.1 Å². The first-order valence-corrected chi connectivity index (χ1v) is 18.2. The van der Waals surface area contributed by atoms with Crippen LogP contribution in [0.3, 0.4) is 0 Å². The molecule has 0 unspecified atom stereocenters. The van der Waals surface area contributed by atoms with Crippen LogP contribution >= 0.6 is 0 Å². The fourth-order valence-corrected chi connectivity index (χ4v) is 4.34. The molecular formula is C36H76N6O7. The summed E-state index contributed by atoms with van der Waals surface area (Å²) in [6.45, 7) is 19.6. The minimum Gasteiger partial charge on any atom is -0.480 e. The summed E-state index contributed by atoms with van der Waals surface area (Å²) in [6.07, 6.45) is 11.0. The predicted molar refractivity (Wildman–Crippen MR) is 200 cm³/mol. The van der Waals surface area contributed by atoms with E-state index in [0.717, 1.165) is 32.4 Å². The summed E-state index contributed by atoms with van der Waals surface area (Å²) in [7, 11) is 6.55. The highest BCUT2D eigenvalue weighted by molar-refractivity contribution is 5.77. The third kappa shape index (κ3) is 35.0. The van der Waals surface area contributed by atoms with Crippen LogP contribution in [-0.4, -0.2) is 141 Å². The summed E-state index contributed by atoms with van der Waals surface area (Å²) in [6, 6.07) is 0. The van der Waals surface area contributed by atoms with Gasteiger partial charge in [0.2, 0.25) is 5.91 Å². The van der Waals surface area contributed by atoms with E-state index in [1.54, 1.807) is 26.0 Å². The number of rotatable bonds is 22. The Bertz CT molecular complexity index is 862. The van der Waals surface area contributed by atoms with E-state index >= 15 is 0 Å². The Hall–Kier alpha value is -2.64. The molecule has 0 saturated carbocycles. The van der Waals surface area contributed by atoms with Crippen LogP contribution in [0.25, 0.3) is 0 Å². The van der Waals surface area contributed by atoms with Crippen molar-refractivity contribution in [3.05, 3.63) is 0 Å². The number of nitrogens with two attached hydrogens (primary N) is 1. The summed E-state index contributed by atoms with van der Waals surface area (Å²) < 4.78 is 10.6. The number of carboxylic acids is 1. The molecule has 0 aliphatic heterocycles. The third-order valence-electron chi connectivity index (χ3n) is 7.07. The van der Waals surface area contributed by atoms with Gasteiger partial charge in [0.15, 0.2) is 0 Å². The Labute approximate surface area is 299 Å². The second-order valence-electron chi connectivity index (χ2n) is 14.3. The van der Waals surface area contributed by atoms with Gasteiger partial charge in [-0.15, -0.1) is 0 Å². The quantitative estimate of drug-likeness (QED) is 0.120. The van der Waals surface area contributed by atoms with Crippen LogP contribution in [0.15, 0.2) is 0 Å². The van der Waals surface area contributed by atoms with Gasteiger partial charge in [-0.2, -0.15) is 0 Å². The van der Waals surface area contributed by atoms with E-state index < -0.39 is 17.2 Å². The van der Waals surface area contributed by atoms with E-state index in [1.807, 2.05) is 46.4 Å². The zero-order valence-electron chi connectivity index (χ0n) is 33.5. The van der Waals surface area contributed by atoms with E-state index in [0.29, 0.717) is 32.7 Å². The van der Waals surface area contributed by atoms with Crippen LogP contribution in [0, 0.1) is 0 Å². The maximum atomic E-state index is 12.0. The molecule has 0 spiro atoms. The van der Waals surface area contributed by atoms with Crippen molar-refractivity contribution in [1.29, 1.82) is 0 Å². The average Bonchev–Trinajstić information content (AvgIpc) is 3.00. The lowest BCUT2D eigenvalue weighted by molar-refractivity contribution is -0.138. The predicted octanol–water partition coefficient (Wildman–Crippen LogP) is 5.66. The Morgan fingerprint density at radius 1 is 0.592 bits per heavy atom. The van der Waals surface area contributed by atoms with E-state index in [1.165, 1.54) is 56.9 Å². The van der Waals surface area contributed by atoms with Gasteiger partial charge < -0.3 is 35.4 Å². The Kier molecular flexibility index (Phi) is 31.3. The van der Waals surface area contributed by atoms with Crippen LogP contribution in [0.2, 0.25) is 0 Å². The maximum Gasteiger partial charge on any atom is 0.410 e. The van der Waals surface area contributed by atoms with Crippen LogP contribution in [-0.2, 0) is 19.1 Å². The zero-order valence-corrected chi connectivity index (χ0v) is 33.5. The van der Waals surface area contributed by atoms with Crippen molar-refractivity contribution < 1.29 is 33.8 Å². The number of unbranched alkanes of at least 4 members (excludes halogenated alkanes) is 8. The van der Waals surface area contributed by atoms with Crippen molar-refractivity contribution in [2.75, 3.05) is 80.5 Å². The first-order valence-electron chi connectivity index (χ1n) is 18.2. The third-order valence-corrected chi connectivity index (χ3v) is 7.07. The Morgan fingerprint density at radius 3 is 1.24 bits per heavy atom. The number of carbonyl (C=O) groups excluding carboxylic acids is 3. The van der Waals surface area contributed by atoms with Crippen molar-refractivity contribution in [2.24, 2.45) is 5.73 Å². The Morgan fingerprint density at radius 2 is 0.939 bits per heavy atom. The largest absolute Gasteiger partial charge is 0.480 e. The first kappa shape index (κ1) is 50.7. The number of ether oxygens (including phenoxy) is 2. The molecule has 0 aromatic carbocycles. The number of aliphatic carboxylic acids is 1. The van der Waals surface area contributed by atoms with Crippen molar-refractivity contribution in [1.82, 2.24) is 24.9 Å². The monoisotopic (exact) mass is 705 g/mol. The minimum absolute atomic E-state index is 0.00322. The first-order chi connectivity index (χ1) is 22.8. The smallest absolute Gasteiger partial charge is 0.410 e. The van der Waals surface area contributed by atoms with Gasteiger partial charge in [0.1, 0.15) is 11.2 Å². The van der Waals surface area contributed by atoms with Gasteiger partial charge in [-0.25, -0.2) is 9.59 Å². The van der Waals surface area contributed by atoms with Gasteiger partial charge in [0.25, 0.3) is 0 Å².